The number of fused-ring (bicyclic) bond motifs is 2. The molecule has 4 atom stereocenters. The van der Waals surface area contributed by atoms with Gasteiger partial charge in [-0.15, -0.1) is 0 Å². The zero-order chi connectivity index (χ0) is 19.8. The molecule has 1 aromatic carbocycles. The molecule has 27 heavy (non-hydrogen) atoms. The molecule has 150 valence electrons. The molecule has 0 amide bonds. The first-order valence-corrected chi connectivity index (χ1v) is 13.8. The fraction of sp³-hybridized carbons (Fsp3) is 0.625. The summed E-state index contributed by atoms with van der Waals surface area (Å²) in [6.07, 6.45) is 0. The van der Waals surface area contributed by atoms with Crippen LogP contribution in [0.3, 0.4) is 0 Å². The van der Waals surface area contributed by atoms with Crippen LogP contribution in [0, 0.1) is 13.8 Å². The van der Waals surface area contributed by atoms with Crippen molar-refractivity contribution in [1.29, 1.82) is 0 Å². The van der Waals surface area contributed by atoms with E-state index in [1.807, 2.05) is 0 Å². The summed E-state index contributed by atoms with van der Waals surface area (Å²) >= 11 is 0. The summed E-state index contributed by atoms with van der Waals surface area (Å²) in [5, 5.41) is 3.10. The second-order valence-corrected chi connectivity index (χ2v) is 13.9. The van der Waals surface area contributed by atoms with Crippen molar-refractivity contribution in [3.8, 4) is 0 Å². The topological polar surface area (TPSA) is 118 Å². The Morgan fingerprint density at radius 2 is 1.44 bits per heavy atom. The minimum absolute atomic E-state index is 0.107. The molecular formula is C16H22N2O6S3. The number of sulfone groups is 2. The molecule has 0 saturated carbocycles. The number of rotatable bonds is 2. The Morgan fingerprint density at radius 3 is 1.96 bits per heavy atom. The van der Waals surface area contributed by atoms with Gasteiger partial charge in [-0.2, -0.15) is 4.31 Å². The van der Waals surface area contributed by atoms with Crippen LogP contribution in [0.4, 0.5) is 0 Å². The molecule has 3 aliphatic heterocycles. The summed E-state index contributed by atoms with van der Waals surface area (Å²) in [5.41, 5.74) is 1.31. The first kappa shape index (κ1) is 19.3. The number of sulfonamides is 1. The van der Waals surface area contributed by atoms with Gasteiger partial charge in [0.2, 0.25) is 10.0 Å². The molecular weight excluding hydrogens is 412 g/mol. The van der Waals surface area contributed by atoms with E-state index in [9.17, 15) is 25.3 Å². The molecule has 11 heteroatoms. The van der Waals surface area contributed by atoms with Gasteiger partial charge in [0.1, 0.15) is 0 Å². The number of benzene rings is 1. The Kier molecular flexibility index (Phi) is 4.29. The third-order valence-electron chi connectivity index (χ3n) is 5.63. The van der Waals surface area contributed by atoms with E-state index in [4.69, 9.17) is 0 Å². The van der Waals surface area contributed by atoms with Crippen LogP contribution in [-0.2, 0) is 29.7 Å². The third-order valence-corrected chi connectivity index (χ3v) is 11.2. The highest BCUT2D eigenvalue weighted by Crippen LogP contribution is 2.36. The van der Waals surface area contributed by atoms with Gasteiger partial charge < -0.3 is 5.32 Å². The number of aryl methyl sites for hydroxylation is 2. The number of hydrogen-bond acceptors (Lipinski definition) is 7. The normalized spacial score (nSPS) is 34.9. The van der Waals surface area contributed by atoms with Gasteiger partial charge in [-0.1, -0.05) is 12.1 Å². The highest BCUT2D eigenvalue weighted by molar-refractivity contribution is 7.92. The van der Waals surface area contributed by atoms with Crippen LogP contribution in [0.25, 0.3) is 0 Å². The lowest BCUT2D eigenvalue weighted by atomic mass is 10.0. The molecule has 1 N–H and O–H groups in total. The van der Waals surface area contributed by atoms with E-state index in [-0.39, 0.29) is 27.9 Å². The molecule has 3 aliphatic rings. The maximum absolute atomic E-state index is 13.6. The van der Waals surface area contributed by atoms with Crippen LogP contribution in [0.15, 0.2) is 23.1 Å². The van der Waals surface area contributed by atoms with Crippen LogP contribution in [-0.4, -0.2) is 76.7 Å². The minimum atomic E-state index is -4.06. The molecule has 1 aromatic rings. The first-order valence-electron chi connectivity index (χ1n) is 8.67. The van der Waals surface area contributed by atoms with Gasteiger partial charge in [0, 0.05) is 12.1 Å². The van der Waals surface area contributed by atoms with Crippen molar-refractivity contribution in [2.45, 2.75) is 42.9 Å². The highest BCUT2D eigenvalue weighted by Gasteiger charge is 2.57. The monoisotopic (exact) mass is 434 g/mol. The van der Waals surface area contributed by atoms with Crippen LogP contribution < -0.4 is 5.32 Å². The largest absolute Gasteiger partial charge is 0.306 e. The van der Waals surface area contributed by atoms with Crippen molar-refractivity contribution in [2.24, 2.45) is 0 Å². The van der Waals surface area contributed by atoms with Gasteiger partial charge in [0.15, 0.2) is 19.7 Å². The summed E-state index contributed by atoms with van der Waals surface area (Å²) in [6, 6.07) is 2.29. The van der Waals surface area contributed by atoms with Gasteiger partial charge in [0.25, 0.3) is 0 Å². The van der Waals surface area contributed by atoms with Crippen LogP contribution >= 0.6 is 0 Å². The number of nitrogens with one attached hydrogen (secondary N) is 1. The molecule has 8 nitrogen and oxygen atoms in total. The first-order chi connectivity index (χ1) is 12.4. The average molecular weight is 435 g/mol. The van der Waals surface area contributed by atoms with Crippen LogP contribution in [0.5, 0.6) is 0 Å². The maximum Gasteiger partial charge on any atom is 0.244 e. The van der Waals surface area contributed by atoms with Gasteiger partial charge in [-0.25, -0.2) is 25.3 Å². The summed E-state index contributed by atoms with van der Waals surface area (Å²) in [4.78, 5) is 0.107. The Morgan fingerprint density at radius 1 is 0.926 bits per heavy atom. The van der Waals surface area contributed by atoms with E-state index in [1.54, 1.807) is 32.0 Å². The summed E-state index contributed by atoms with van der Waals surface area (Å²) in [5.74, 6) is -0.949. The quantitative estimate of drug-likeness (QED) is 0.649. The Hall–Kier alpha value is -1.01. The summed E-state index contributed by atoms with van der Waals surface area (Å²) in [7, 11) is -10.9. The SMILES string of the molecule is Cc1ccc(C)c(S(=O)(=O)N2[C@@H]3CS(=O)(=O)C[C@@H]3N[C@@H]3CS(=O)(=O)C[C@H]32)c1. The van der Waals surface area contributed by atoms with Crippen molar-refractivity contribution < 1.29 is 25.3 Å². The Balaban J connectivity index is 1.87. The standard InChI is InChI=1S/C16H22N2O6S3/c1-10-3-4-11(2)16(5-10)27(23,24)18-14-8-25(19,20)6-12(14)17-13-7-26(21,22)9-15(13)18/h3-5,12-15,17H,6-9H2,1-2H3/t12-,13+,14-,15-/m1/s1. The maximum atomic E-state index is 13.6. The second kappa shape index (κ2) is 5.99. The number of piperazine rings is 1. The van der Waals surface area contributed by atoms with E-state index < -0.39 is 53.9 Å². The van der Waals surface area contributed by atoms with Crippen molar-refractivity contribution in [1.82, 2.24) is 9.62 Å². The van der Waals surface area contributed by atoms with Crippen molar-refractivity contribution in [3.05, 3.63) is 29.3 Å². The lowest BCUT2D eigenvalue weighted by molar-refractivity contribution is 0.160. The molecule has 0 aromatic heterocycles. The minimum Gasteiger partial charge on any atom is -0.306 e. The second-order valence-electron chi connectivity index (χ2n) is 7.77. The smallest absolute Gasteiger partial charge is 0.244 e. The zero-order valence-corrected chi connectivity index (χ0v) is 17.4. The fourth-order valence-corrected chi connectivity index (χ4v) is 10.7. The van der Waals surface area contributed by atoms with Gasteiger partial charge in [-0.05, 0) is 31.0 Å². The van der Waals surface area contributed by atoms with E-state index >= 15 is 0 Å². The lowest BCUT2D eigenvalue weighted by Crippen LogP contribution is -2.67. The molecule has 0 radical (unpaired) electrons. The molecule has 3 fully saturated rings. The third kappa shape index (κ3) is 3.23. The molecule has 3 saturated heterocycles. The molecule has 3 heterocycles. The van der Waals surface area contributed by atoms with Gasteiger partial charge >= 0.3 is 0 Å². The number of nitrogens with zero attached hydrogens (tertiary/aromatic N) is 1. The predicted molar refractivity (Wildman–Crippen MR) is 101 cm³/mol. The highest BCUT2D eigenvalue weighted by atomic mass is 32.2. The summed E-state index contributed by atoms with van der Waals surface area (Å²) < 4.78 is 77.1. The lowest BCUT2D eigenvalue weighted by Gasteiger charge is -2.44. The van der Waals surface area contributed by atoms with Crippen molar-refractivity contribution in [3.63, 3.8) is 0 Å². The predicted octanol–water partition coefficient (Wildman–Crippen LogP) is -0.771. The summed E-state index contributed by atoms with van der Waals surface area (Å²) in [6.45, 7) is 3.46. The Labute approximate surface area is 159 Å². The molecule has 0 spiro atoms. The van der Waals surface area contributed by atoms with Crippen molar-refractivity contribution in [2.75, 3.05) is 23.0 Å². The molecule has 4 rings (SSSR count). The number of hydrogen-bond donors (Lipinski definition) is 1. The van der Waals surface area contributed by atoms with Gasteiger partial charge in [0.05, 0.1) is 40.0 Å². The molecule has 0 aliphatic carbocycles. The van der Waals surface area contributed by atoms with E-state index in [1.165, 1.54) is 4.31 Å². The van der Waals surface area contributed by atoms with Gasteiger partial charge in [-0.3, -0.25) is 0 Å². The molecule has 0 bridgehead atoms. The zero-order valence-electron chi connectivity index (χ0n) is 15.0. The Bertz CT molecular complexity index is 1060. The van der Waals surface area contributed by atoms with E-state index in [0.29, 0.717) is 5.56 Å². The van der Waals surface area contributed by atoms with Crippen LogP contribution in [0.2, 0.25) is 0 Å². The molecule has 0 unspecified atom stereocenters. The van der Waals surface area contributed by atoms with Crippen molar-refractivity contribution >= 4 is 29.7 Å². The van der Waals surface area contributed by atoms with E-state index in [2.05, 4.69) is 5.32 Å². The average Bonchev–Trinajstić information content (AvgIpc) is 2.98. The fourth-order valence-electron chi connectivity index (χ4n) is 4.45. The van der Waals surface area contributed by atoms with E-state index in [0.717, 1.165) is 5.56 Å². The van der Waals surface area contributed by atoms with Crippen LogP contribution in [0.1, 0.15) is 11.1 Å².